The molecule has 2 unspecified atom stereocenters. The number of carbonyl (C=O) groups excluding carboxylic acids is 1. The molecule has 0 aliphatic rings. The number of hydrogen-bond donors (Lipinski definition) is 0. The summed E-state index contributed by atoms with van der Waals surface area (Å²) in [5.41, 5.74) is 0. The largest absolute Gasteiger partial charge is 0.756 e. The Morgan fingerprint density at radius 3 is 2.30 bits per heavy atom. The molecule has 0 rings (SSSR count). The number of likely N-dealkylation sites (N-methyl/N-ethyl adjacent to an activating group) is 1. The summed E-state index contributed by atoms with van der Waals surface area (Å²) < 4.78 is 31.1. The van der Waals surface area contributed by atoms with E-state index in [-0.39, 0.29) is 19.8 Å². The third-order valence-corrected chi connectivity index (χ3v) is 3.08. The van der Waals surface area contributed by atoms with Crippen LogP contribution in [-0.2, 0) is 27.9 Å². The summed E-state index contributed by atoms with van der Waals surface area (Å²) in [6.45, 7) is 1.46. The maximum atomic E-state index is 11.5. The van der Waals surface area contributed by atoms with E-state index in [1.165, 1.54) is 14.0 Å². The van der Waals surface area contributed by atoms with E-state index in [9.17, 15) is 14.3 Å². The number of quaternary nitrogens is 1. The van der Waals surface area contributed by atoms with Crippen LogP contribution in [-0.4, -0.2) is 71.2 Å². The van der Waals surface area contributed by atoms with Crippen LogP contribution < -0.4 is 4.89 Å². The first-order valence-corrected chi connectivity index (χ1v) is 7.58. The molecule has 9 heteroatoms. The van der Waals surface area contributed by atoms with Gasteiger partial charge in [-0.1, -0.05) is 0 Å². The first-order valence-electron chi connectivity index (χ1n) is 6.12. The van der Waals surface area contributed by atoms with Crippen molar-refractivity contribution >= 4 is 13.8 Å². The average molecular weight is 313 g/mol. The van der Waals surface area contributed by atoms with Gasteiger partial charge in [0, 0.05) is 14.0 Å². The lowest BCUT2D eigenvalue weighted by atomic mass is 10.4. The topological polar surface area (TPSA) is 94.1 Å². The Morgan fingerprint density at radius 1 is 1.25 bits per heavy atom. The molecule has 0 heterocycles. The second kappa shape index (κ2) is 8.71. The number of rotatable bonds is 10. The zero-order chi connectivity index (χ0) is 15.8. The van der Waals surface area contributed by atoms with Gasteiger partial charge in [-0.2, -0.15) is 0 Å². The zero-order valence-electron chi connectivity index (χ0n) is 12.7. The van der Waals surface area contributed by atoms with Gasteiger partial charge in [-0.25, -0.2) is 0 Å². The van der Waals surface area contributed by atoms with Crippen molar-refractivity contribution < 1.29 is 37.3 Å². The maximum Gasteiger partial charge on any atom is 0.303 e. The van der Waals surface area contributed by atoms with Gasteiger partial charge in [0.2, 0.25) is 0 Å². The number of carbonyl (C=O) groups is 1. The molecular formula is C11H24NO7P. The molecule has 0 aromatic carbocycles. The molecule has 20 heavy (non-hydrogen) atoms. The van der Waals surface area contributed by atoms with Crippen molar-refractivity contribution in [1.29, 1.82) is 0 Å². The maximum absolute atomic E-state index is 11.5. The van der Waals surface area contributed by atoms with Gasteiger partial charge in [-0.15, -0.1) is 0 Å². The Labute approximate surface area is 119 Å². The second-order valence-electron chi connectivity index (χ2n) is 5.28. The number of phosphoric ester groups is 1. The van der Waals surface area contributed by atoms with Gasteiger partial charge in [-0.05, 0) is 0 Å². The summed E-state index contributed by atoms with van der Waals surface area (Å²) in [6, 6.07) is 0. The van der Waals surface area contributed by atoms with E-state index in [2.05, 4.69) is 4.52 Å². The predicted octanol–water partition coefficient (Wildman–Crippen LogP) is -0.228. The quantitative estimate of drug-likeness (QED) is 0.312. The second-order valence-corrected chi connectivity index (χ2v) is 6.69. The highest BCUT2D eigenvalue weighted by atomic mass is 31.2. The van der Waals surface area contributed by atoms with Crippen LogP contribution in [0.1, 0.15) is 6.92 Å². The molecule has 0 fully saturated rings. The van der Waals surface area contributed by atoms with Crippen LogP contribution in [0.4, 0.5) is 0 Å². The van der Waals surface area contributed by atoms with Crippen LogP contribution in [0.15, 0.2) is 0 Å². The lowest BCUT2D eigenvalue weighted by molar-refractivity contribution is -0.870. The molecular weight excluding hydrogens is 289 g/mol. The van der Waals surface area contributed by atoms with Gasteiger partial charge in [0.25, 0.3) is 7.82 Å². The minimum atomic E-state index is -4.41. The van der Waals surface area contributed by atoms with E-state index in [0.29, 0.717) is 11.0 Å². The predicted molar refractivity (Wildman–Crippen MR) is 69.8 cm³/mol. The lowest BCUT2D eigenvalue weighted by Gasteiger charge is -2.28. The van der Waals surface area contributed by atoms with E-state index < -0.39 is 19.9 Å². The number of esters is 1. The van der Waals surface area contributed by atoms with Gasteiger partial charge in [0.1, 0.15) is 19.3 Å². The van der Waals surface area contributed by atoms with Crippen LogP contribution in [0.2, 0.25) is 0 Å². The number of nitrogens with zero attached hydrogens (tertiary/aromatic N) is 1. The van der Waals surface area contributed by atoms with Crippen molar-refractivity contribution in [3.05, 3.63) is 0 Å². The Morgan fingerprint density at radius 2 is 1.85 bits per heavy atom. The van der Waals surface area contributed by atoms with Crippen molar-refractivity contribution in [2.24, 2.45) is 0 Å². The van der Waals surface area contributed by atoms with Gasteiger partial charge in [0.05, 0.1) is 34.4 Å². The van der Waals surface area contributed by atoms with Crippen molar-refractivity contribution in [2.75, 3.05) is 54.6 Å². The van der Waals surface area contributed by atoms with Crippen LogP contribution in [0.5, 0.6) is 0 Å². The monoisotopic (exact) mass is 313 g/mol. The van der Waals surface area contributed by atoms with Crippen molar-refractivity contribution in [2.45, 2.75) is 13.0 Å². The van der Waals surface area contributed by atoms with Gasteiger partial charge in [0.15, 0.2) is 0 Å². The van der Waals surface area contributed by atoms with Crippen LogP contribution in [0.3, 0.4) is 0 Å². The van der Waals surface area contributed by atoms with E-state index in [4.69, 9.17) is 14.0 Å². The Hall–Kier alpha value is -0.500. The molecule has 0 aromatic heterocycles. The smallest absolute Gasteiger partial charge is 0.303 e. The summed E-state index contributed by atoms with van der Waals surface area (Å²) in [4.78, 5) is 22.3. The molecule has 0 amide bonds. The number of phosphoric acid groups is 1. The van der Waals surface area contributed by atoms with Crippen molar-refractivity contribution in [3.63, 3.8) is 0 Å². The van der Waals surface area contributed by atoms with E-state index in [0.717, 1.165) is 0 Å². The highest BCUT2D eigenvalue weighted by molar-refractivity contribution is 7.45. The van der Waals surface area contributed by atoms with E-state index in [1.54, 1.807) is 0 Å². The molecule has 8 nitrogen and oxygen atoms in total. The number of hydrogen-bond acceptors (Lipinski definition) is 7. The van der Waals surface area contributed by atoms with Crippen LogP contribution >= 0.6 is 7.82 Å². The minimum Gasteiger partial charge on any atom is -0.756 e. The normalized spacial score (nSPS) is 16.5. The Bertz CT molecular complexity index is 342. The van der Waals surface area contributed by atoms with Crippen molar-refractivity contribution in [3.8, 4) is 0 Å². The van der Waals surface area contributed by atoms with Gasteiger partial charge in [-0.3, -0.25) is 9.36 Å². The molecule has 0 saturated heterocycles. The lowest BCUT2D eigenvalue weighted by Crippen LogP contribution is -2.37. The standard InChI is InChI=1S/C11H24NO7P/c1-10(13)19-11(8-16-5)9-18-20(14,15)17-7-6-12(2,3)4/h11H,6-9H2,1-5H3. The van der Waals surface area contributed by atoms with E-state index in [1.807, 2.05) is 21.1 Å². The minimum absolute atomic E-state index is 0.0206. The van der Waals surface area contributed by atoms with Crippen LogP contribution in [0.25, 0.3) is 0 Å². The summed E-state index contributed by atoms with van der Waals surface area (Å²) in [5.74, 6) is -0.540. The van der Waals surface area contributed by atoms with Gasteiger partial charge >= 0.3 is 5.97 Å². The third-order valence-electron chi connectivity index (χ3n) is 2.12. The Balaban J connectivity index is 4.16. The first-order chi connectivity index (χ1) is 9.06. The van der Waals surface area contributed by atoms with E-state index >= 15 is 0 Å². The molecule has 0 radical (unpaired) electrons. The Kier molecular flexibility index (Phi) is 8.50. The molecule has 0 N–H and O–H groups in total. The molecule has 0 aromatic rings. The van der Waals surface area contributed by atoms with Gasteiger partial charge < -0.3 is 27.9 Å². The number of methoxy groups -OCH3 is 1. The fourth-order valence-electron chi connectivity index (χ4n) is 1.17. The highest BCUT2D eigenvalue weighted by Crippen LogP contribution is 2.38. The molecule has 0 aliphatic heterocycles. The fourth-order valence-corrected chi connectivity index (χ4v) is 1.90. The SMILES string of the molecule is COCC(COP(=O)([O-])OCC[N+](C)(C)C)OC(C)=O. The molecule has 0 spiro atoms. The molecule has 2 atom stereocenters. The highest BCUT2D eigenvalue weighted by Gasteiger charge is 2.18. The zero-order valence-corrected chi connectivity index (χ0v) is 13.6. The summed E-state index contributed by atoms with van der Waals surface area (Å²) in [5, 5.41) is 0. The summed E-state index contributed by atoms with van der Waals surface area (Å²) >= 11 is 0. The fraction of sp³-hybridized carbons (Fsp3) is 0.909. The number of ether oxygens (including phenoxy) is 2. The molecule has 0 saturated carbocycles. The summed E-state index contributed by atoms with van der Waals surface area (Å²) in [6.07, 6.45) is -0.790. The molecule has 0 aliphatic carbocycles. The molecule has 0 bridgehead atoms. The first kappa shape index (κ1) is 19.5. The molecule has 120 valence electrons. The summed E-state index contributed by atoms with van der Waals surface area (Å²) in [7, 11) is 2.74. The van der Waals surface area contributed by atoms with Crippen molar-refractivity contribution in [1.82, 2.24) is 0 Å². The third kappa shape index (κ3) is 11.3. The van der Waals surface area contributed by atoms with Crippen LogP contribution in [0, 0.1) is 0 Å². The average Bonchev–Trinajstić information content (AvgIpc) is 2.23.